The Labute approximate surface area is 135 Å². The highest BCUT2D eigenvalue weighted by Gasteiger charge is 2.27. The number of carbonyl (C=O) groups excluding carboxylic acids is 2. The number of rotatable bonds is 5. The standard InChI is InChI=1S/C15H24N2O4S/c1-7-9-17(14(19)21-15(4,5)6)13-16-10(3)11(22-13)12(18)20-8-2/h7-9H2,1-6H3. The first-order chi connectivity index (χ1) is 10.2. The maximum absolute atomic E-state index is 12.3. The number of aromatic nitrogens is 1. The second-order valence-corrected chi connectivity index (χ2v) is 6.74. The van der Waals surface area contributed by atoms with E-state index in [-0.39, 0.29) is 0 Å². The van der Waals surface area contributed by atoms with Crippen LogP contribution in [0.25, 0.3) is 0 Å². The van der Waals surface area contributed by atoms with Gasteiger partial charge < -0.3 is 9.47 Å². The molecule has 0 radical (unpaired) electrons. The van der Waals surface area contributed by atoms with Gasteiger partial charge in [0.15, 0.2) is 5.13 Å². The fraction of sp³-hybridized carbons (Fsp3) is 0.667. The molecule has 0 N–H and O–H groups in total. The van der Waals surface area contributed by atoms with Crippen LogP contribution in [0.4, 0.5) is 9.93 Å². The first-order valence-electron chi connectivity index (χ1n) is 7.34. The Balaban J connectivity index is 3.04. The van der Waals surface area contributed by atoms with Gasteiger partial charge in [0.05, 0.1) is 12.3 Å². The molecule has 6 nitrogen and oxygen atoms in total. The molecule has 1 amide bonds. The smallest absolute Gasteiger partial charge is 0.416 e. The van der Waals surface area contributed by atoms with Crippen molar-refractivity contribution in [3.63, 3.8) is 0 Å². The number of carbonyl (C=O) groups is 2. The summed E-state index contributed by atoms with van der Waals surface area (Å²) in [5.74, 6) is -0.413. The SMILES string of the molecule is CCCN(C(=O)OC(C)(C)C)c1nc(C)c(C(=O)OCC)s1. The zero-order chi connectivity index (χ0) is 16.9. The van der Waals surface area contributed by atoms with Gasteiger partial charge in [0.1, 0.15) is 10.5 Å². The molecule has 0 atom stereocenters. The van der Waals surface area contributed by atoms with Crippen molar-refractivity contribution in [1.82, 2.24) is 4.98 Å². The van der Waals surface area contributed by atoms with Crippen molar-refractivity contribution in [2.75, 3.05) is 18.1 Å². The highest BCUT2D eigenvalue weighted by Crippen LogP contribution is 2.28. The van der Waals surface area contributed by atoms with Gasteiger partial charge in [0, 0.05) is 6.54 Å². The van der Waals surface area contributed by atoms with Crippen molar-refractivity contribution in [1.29, 1.82) is 0 Å². The van der Waals surface area contributed by atoms with Crippen LogP contribution < -0.4 is 4.90 Å². The number of hydrogen-bond donors (Lipinski definition) is 0. The Kier molecular flexibility index (Phi) is 6.34. The number of nitrogens with zero attached hydrogens (tertiary/aromatic N) is 2. The lowest BCUT2D eigenvalue weighted by molar-refractivity contribution is 0.0529. The molecule has 0 unspecified atom stereocenters. The van der Waals surface area contributed by atoms with Crippen LogP contribution in [0.1, 0.15) is 56.4 Å². The summed E-state index contributed by atoms with van der Waals surface area (Å²) in [5.41, 5.74) is -0.0255. The second-order valence-electron chi connectivity index (χ2n) is 5.76. The molecule has 0 aliphatic heterocycles. The number of esters is 1. The summed E-state index contributed by atoms with van der Waals surface area (Å²) >= 11 is 1.15. The van der Waals surface area contributed by atoms with Crippen molar-refractivity contribution in [2.45, 2.75) is 53.6 Å². The number of amides is 1. The van der Waals surface area contributed by atoms with E-state index in [1.54, 1.807) is 13.8 Å². The molecule has 0 spiro atoms. The van der Waals surface area contributed by atoms with Gasteiger partial charge in [-0.2, -0.15) is 0 Å². The number of aryl methyl sites for hydroxylation is 1. The summed E-state index contributed by atoms with van der Waals surface area (Å²) in [5, 5.41) is 0.455. The Hall–Kier alpha value is -1.63. The Morgan fingerprint density at radius 1 is 1.27 bits per heavy atom. The number of ether oxygens (including phenoxy) is 2. The average Bonchev–Trinajstić information content (AvgIpc) is 2.75. The predicted molar refractivity (Wildman–Crippen MR) is 86.7 cm³/mol. The van der Waals surface area contributed by atoms with Gasteiger partial charge in [-0.25, -0.2) is 14.6 Å². The molecule has 0 aliphatic carbocycles. The summed E-state index contributed by atoms with van der Waals surface area (Å²) in [6.45, 7) is 11.7. The summed E-state index contributed by atoms with van der Waals surface area (Å²) in [6.07, 6.45) is 0.297. The fourth-order valence-corrected chi connectivity index (χ4v) is 2.67. The van der Waals surface area contributed by atoms with E-state index in [1.165, 1.54) is 4.90 Å². The van der Waals surface area contributed by atoms with E-state index in [9.17, 15) is 9.59 Å². The minimum Gasteiger partial charge on any atom is -0.462 e. The Morgan fingerprint density at radius 3 is 2.41 bits per heavy atom. The summed E-state index contributed by atoms with van der Waals surface area (Å²) in [7, 11) is 0. The Bertz CT molecular complexity index is 534. The molecule has 124 valence electrons. The lowest BCUT2D eigenvalue weighted by Gasteiger charge is -2.25. The number of thiazole rings is 1. The quantitative estimate of drug-likeness (QED) is 0.769. The first-order valence-corrected chi connectivity index (χ1v) is 8.16. The largest absolute Gasteiger partial charge is 0.462 e. The first kappa shape index (κ1) is 18.4. The molecule has 0 aliphatic rings. The Morgan fingerprint density at radius 2 is 1.91 bits per heavy atom. The van der Waals surface area contributed by atoms with E-state index >= 15 is 0 Å². The molecule has 7 heteroatoms. The van der Waals surface area contributed by atoms with Gasteiger partial charge in [-0.3, -0.25) is 4.90 Å². The van der Waals surface area contributed by atoms with E-state index in [2.05, 4.69) is 4.98 Å². The summed E-state index contributed by atoms with van der Waals surface area (Å²) in [4.78, 5) is 30.4. The van der Waals surface area contributed by atoms with E-state index in [0.717, 1.165) is 17.8 Å². The minimum atomic E-state index is -0.584. The number of anilines is 1. The van der Waals surface area contributed by atoms with Gasteiger partial charge in [-0.05, 0) is 41.0 Å². The van der Waals surface area contributed by atoms with Gasteiger partial charge in [0.2, 0.25) is 0 Å². The molecule has 0 saturated heterocycles. The van der Waals surface area contributed by atoms with Crippen LogP contribution in [-0.4, -0.2) is 35.8 Å². The molecular weight excluding hydrogens is 304 g/mol. The minimum absolute atomic E-state index is 0.302. The second kappa shape index (κ2) is 7.58. The van der Waals surface area contributed by atoms with Gasteiger partial charge in [0.25, 0.3) is 0 Å². The van der Waals surface area contributed by atoms with Crippen LogP contribution >= 0.6 is 11.3 Å². The lowest BCUT2D eigenvalue weighted by atomic mass is 10.2. The van der Waals surface area contributed by atoms with Crippen LogP contribution in [0.3, 0.4) is 0 Å². The molecule has 22 heavy (non-hydrogen) atoms. The summed E-state index contributed by atoms with van der Waals surface area (Å²) < 4.78 is 10.4. The maximum atomic E-state index is 12.3. The molecule has 0 fully saturated rings. The van der Waals surface area contributed by atoms with Gasteiger partial charge in [-0.15, -0.1) is 0 Å². The average molecular weight is 328 g/mol. The van der Waals surface area contributed by atoms with Crippen molar-refractivity contribution >= 4 is 28.5 Å². The third-order valence-electron chi connectivity index (χ3n) is 2.54. The van der Waals surface area contributed by atoms with Crippen molar-refractivity contribution < 1.29 is 19.1 Å². The van der Waals surface area contributed by atoms with Crippen LogP contribution in [-0.2, 0) is 9.47 Å². The van der Waals surface area contributed by atoms with Crippen molar-refractivity contribution in [3.05, 3.63) is 10.6 Å². The predicted octanol–water partition coefficient (Wildman–Crippen LogP) is 3.78. The molecule has 0 saturated carbocycles. The van der Waals surface area contributed by atoms with Crippen LogP contribution in [0.5, 0.6) is 0 Å². The van der Waals surface area contributed by atoms with Gasteiger partial charge in [-0.1, -0.05) is 18.3 Å². The molecule has 0 aromatic carbocycles. The monoisotopic (exact) mass is 328 g/mol. The topological polar surface area (TPSA) is 68.7 Å². The maximum Gasteiger partial charge on any atom is 0.416 e. The zero-order valence-electron chi connectivity index (χ0n) is 14.1. The van der Waals surface area contributed by atoms with E-state index in [4.69, 9.17) is 9.47 Å². The molecule has 0 bridgehead atoms. The highest BCUT2D eigenvalue weighted by atomic mass is 32.1. The van der Waals surface area contributed by atoms with E-state index in [0.29, 0.717) is 28.9 Å². The number of hydrogen-bond acceptors (Lipinski definition) is 6. The normalized spacial score (nSPS) is 11.2. The molecular formula is C15H24N2O4S. The fourth-order valence-electron chi connectivity index (χ4n) is 1.69. The van der Waals surface area contributed by atoms with Crippen LogP contribution in [0.15, 0.2) is 0 Å². The van der Waals surface area contributed by atoms with E-state index in [1.807, 2.05) is 27.7 Å². The van der Waals surface area contributed by atoms with Crippen molar-refractivity contribution in [2.24, 2.45) is 0 Å². The third-order valence-corrected chi connectivity index (χ3v) is 3.70. The van der Waals surface area contributed by atoms with E-state index < -0.39 is 17.7 Å². The van der Waals surface area contributed by atoms with Gasteiger partial charge >= 0.3 is 12.1 Å². The van der Waals surface area contributed by atoms with Crippen LogP contribution in [0.2, 0.25) is 0 Å². The lowest BCUT2D eigenvalue weighted by Crippen LogP contribution is -2.37. The van der Waals surface area contributed by atoms with Crippen LogP contribution in [0, 0.1) is 6.92 Å². The summed E-state index contributed by atoms with van der Waals surface area (Å²) in [6, 6.07) is 0. The zero-order valence-corrected chi connectivity index (χ0v) is 14.9. The molecule has 1 heterocycles. The molecule has 1 aromatic heterocycles. The highest BCUT2D eigenvalue weighted by molar-refractivity contribution is 7.17. The van der Waals surface area contributed by atoms with Crippen molar-refractivity contribution in [3.8, 4) is 0 Å². The third kappa shape index (κ3) is 4.98. The molecule has 1 rings (SSSR count). The molecule has 1 aromatic rings.